The van der Waals surface area contributed by atoms with Crippen molar-refractivity contribution in [2.75, 3.05) is 7.05 Å². The SMILES string of the molecule is CNC1CCCCC2C(CCC1)CCC1(C)C(C(C)CCCC(C)C)CCC21. The van der Waals surface area contributed by atoms with Gasteiger partial charge in [0, 0.05) is 6.04 Å². The van der Waals surface area contributed by atoms with Crippen LogP contribution in [0.5, 0.6) is 0 Å². The molecule has 0 amide bonds. The molecule has 0 spiro atoms. The highest BCUT2D eigenvalue weighted by Crippen LogP contribution is 2.62. The van der Waals surface area contributed by atoms with E-state index in [0.717, 1.165) is 41.5 Å². The van der Waals surface area contributed by atoms with E-state index in [-0.39, 0.29) is 0 Å². The van der Waals surface area contributed by atoms with Gasteiger partial charge >= 0.3 is 0 Å². The first-order valence-electron chi connectivity index (χ1n) is 13.1. The number of fused-ring (bicyclic) bond motifs is 3. The monoisotopic (exact) mass is 389 g/mol. The van der Waals surface area contributed by atoms with E-state index in [1.807, 2.05) is 0 Å². The quantitative estimate of drug-likeness (QED) is 0.488. The van der Waals surface area contributed by atoms with Crippen LogP contribution in [0.3, 0.4) is 0 Å². The summed E-state index contributed by atoms with van der Waals surface area (Å²) in [6.45, 7) is 10.1. The minimum Gasteiger partial charge on any atom is -0.317 e. The molecule has 0 bridgehead atoms. The summed E-state index contributed by atoms with van der Waals surface area (Å²) >= 11 is 0. The average molecular weight is 390 g/mol. The van der Waals surface area contributed by atoms with E-state index in [9.17, 15) is 0 Å². The van der Waals surface area contributed by atoms with Crippen molar-refractivity contribution in [3.63, 3.8) is 0 Å². The first-order valence-corrected chi connectivity index (χ1v) is 13.1. The Bertz CT molecular complexity index is 457. The Morgan fingerprint density at radius 1 is 0.857 bits per heavy atom. The summed E-state index contributed by atoms with van der Waals surface area (Å²) < 4.78 is 0. The molecule has 28 heavy (non-hydrogen) atoms. The largest absolute Gasteiger partial charge is 0.317 e. The molecular formula is C27H51N. The van der Waals surface area contributed by atoms with E-state index in [1.165, 1.54) is 83.5 Å². The molecule has 1 nitrogen and oxygen atoms in total. The summed E-state index contributed by atoms with van der Waals surface area (Å²) in [6.07, 6.45) is 20.8. The molecule has 1 heteroatoms. The van der Waals surface area contributed by atoms with Gasteiger partial charge in [-0.15, -0.1) is 0 Å². The summed E-state index contributed by atoms with van der Waals surface area (Å²) in [5.41, 5.74) is 0.663. The van der Waals surface area contributed by atoms with Crippen LogP contribution in [0.4, 0.5) is 0 Å². The molecule has 0 aromatic carbocycles. The van der Waals surface area contributed by atoms with E-state index in [1.54, 1.807) is 6.42 Å². The highest BCUT2D eigenvalue weighted by atomic mass is 14.9. The molecule has 7 unspecified atom stereocenters. The third-order valence-corrected chi connectivity index (χ3v) is 9.66. The van der Waals surface area contributed by atoms with Crippen LogP contribution in [-0.2, 0) is 0 Å². The molecule has 1 N–H and O–H groups in total. The van der Waals surface area contributed by atoms with Crippen molar-refractivity contribution in [2.45, 2.75) is 124 Å². The second-order valence-corrected chi connectivity index (χ2v) is 11.8. The van der Waals surface area contributed by atoms with Crippen molar-refractivity contribution < 1.29 is 0 Å². The fourth-order valence-corrected chi connectivity index (χ4v) is 8.02. The lowest BCUT2D eigenvalue weighted by Gasteiger charge is -2.50. The van der Waals surface area contributed by atoms with Crippen LogP contribution in [0.15, 0.2) is 0 Å². The average Bonchev–Trinajstić information content (AvgIpc) is 3.02. The number of nitrogens with one attached hydrogen (secondary N) is 1. The van der Waals surface area contributed by atoms with Gasteiger partial charge in [0.25, 0.3) is 0 Å². The first-order chi connectivity index (χ1) is 13.5. The lowest BCUT2D eigenvalue weighted by atomic mass is 9.55. The number of rotatable bonds is 6. The summed E-state index contributed by atoms with van der Waals surface area (Å²) in [4.78, 5) is 0. The van der Waals surface area contributed by atoms with E-state index < -0.39 is 0 Å². The molecule has 0 radical (unpaired) electrons. The molecule has 3 fully saturated rings. The molecule has 3 saturated carbocycles. The van der Waals surface area contributed by atoms with Crippen LogP contribution in [0.25, 0.3) is 0 Å². The molecule has 0 heterocycles. The van der Waals surface area contributed by atoms with Crippen molar-refractivity contribution >= 4 is 0 Å². The van der Waals surface area contributed by atoms with Gasteiger partial charge in [-0.1, -0.05) is 72.6 Å². The summed E-state index contributed by atoms with van der Waals surface area (Å²) in [6, 6.07) is 0.785. The summed E-state index contributed by atoms with van der Waals surface area (Å²) in [7, 11) is 2.17. The fourth-order valence-electron chi connectivity index (χ4n) is 8.02. The van der Waals surface area contributed by atoms with Gasteiger partial charge in [-0.05, 0) is 92.9 Å². The van der Waals surface area contributed by atoms with Gasteiger partial charge in [0.05, 0.1) is 0 Å². The lowest BCUT2D eigenvalue weighted by Crippen LogP contribution is -2.43. The highest BCUT2D eigenvalue weighted by Gasteiger charge is 2.54. The summed E-state index contributed by atoms with van der Waals surface area (Å²) in [5, 5.41) is 3.58. The van der Waals surface area contributed by atoms with E-state index >= 15 is 0 Å². The van der Waals surface area contributed by atoms with Gasteiger partial charge in [0.2, 0.25) is 0 Å². The van der Waals surface area contributed by atoms with Crippen LogP contribution in [0.2, 0.25) is 0 Å². The second kappa shape index (κ2) is 10.3. The Morgan fingerprint density at radius 3 is 2.36 bits per heavy atom. The van der Waals surface area contributed by atoms with Gasteiger partial charge in [-0.2, -0.15) is 0 Å². The Balaban J connectivity index is 1.63. The van der Waals surface area contributed by atoms with Gasteiger partial charge in [-0.25, -0.2) is 0 Å². The molecule has 3 aliphatic carbocycles. The smallest absolute Gasteiger partial charge is 0.00640 e. The Labute approximate surface area is 177 Å². The highest BCUT2D eigenvalue weighted by molar-refractivity contribution is 5.03. The van der Waals surface area contributed by atoms with Crippen LogP contribution in [0.1, 0.15) is 118 Å². The van der Waals surface area contributed by atoms with E-state index in [0.29, 0.717) is 5.41 Å². The Morgan fingerprint density at radius 2 is 1.61 bits per heavy atom. The zero-order valence-corrected chi connectivity index (χ0v) is 19.9. The zero-order valence-electron chi connectivity index (χ0n) is 19.9. The molecule has 3 rings (SSSR count). The molecule has 0 aromatic heterocycles. The standard InChI is InChI=1S/C27H51N/c1-20(2)10-8-11-21(3)25-16-17-26-24-15-7-6-13-23(28-5)14-9-12-22(24)18-19-27(25,26)4/h20-26,28H,6-19H2,1-5H3. The van der Waals surface area contributed by atoms with Gasteiger partial charge in [-0.3, -0.25) is 0 Å². The van der Waals surface area contributed by atoms with Gasteiger partial charge in [0.1, 0.15) is 0 Å². The Hall–Kier alpha value is -0.0400. The van der Waals surface area contributed by atoms with Crippen molar-refractivity contribution in [3.05, 3.63) is 0 Å². The first kappa shape index (κ1) is 22.6. The molecule has 164 valence electrons. The van der Waals surface area contributed by atoms with Crippen LogP contribution in [0, 0.1) is 40.9 Å². The minimum absolute atomic E-state index is 0.663. The normalized spacial score (nSPS) is 40.7. The molecule has 0 aliphatic heterocycles. The minimum atomic E-state index is 0.663. The lowest BCUT2D eigenvalue weighted by molar-refractivity contribution is -0.0127. The van der Waals surface area contributed by atoms with Crippen LogP contribution >= 0.6 is 0 Å². The van der Waals surface area contributed by atoms with Gasteiger partial charge < -0.3 is 5.32 Å². The summed E-state index contributed by atoms with van der Waals surface area (Å²) in [5.74, 6) is 5.97. The van der Waals surface area contributed by atoms with Crippen molar-refractivity contribution in [3.8, 4) is 0 Å². The third-order valence-electron chi connectivity index (χ3n) is 9.66. The zero-order chi connectivity index (χ0) is 20.1. The van der Waals surface area contributed by atoms with Crippen LogP contribution < -0.4 is 5.32 Å². The maximum Gasteiger partial charge on any atom is 0.00640 e. The maximum absolute atomic E-state index is 3.58. The molecule has 0 saturated heterocycles. The molecule has 7 atom stereocenters. The van der Waals surface area contributed by atoms with Crippen molar-refractivity contribution in [1.82, 2.24) is 5.32 Å². The molecule has 0 aromatic rings. The van der Waals surface area contributed by atoms with Crippen molar-refractivity contribution in [1.29, 1.82) is 0 Å². The molecule has 3 aliphatic rings. The van der Waals surface area contributed by atoms with Crippen LogP contribution in [-0.4, -0.2) is 13.1 Å². The fraction of sp³-hybridized carbons (Fsp3) is 1.00. The molecular weight excluding hydrogens is 338 g/mol. The third kappa shape index (κ3) is 5.16. The number of hydrogen-bond acceptors (Lipinski definition) is 1. The predicted octanol–water partition coefficient (Wildman–Crippen LogP) is 7.84. The van der Waals surface area contributed by atoms with E-state index in [4.69, 9.17) is 0 Å². The number of hydrogen-bond donors (Lipinski definition) is 1. The topological polar surface area (TPSA) is 12.0 Å². The Kier molecular flexibility index (Phi) is 8.34. The predicted molar refractivity (Wildman–Crippen MR) is 124 cm³/mol. The maximum atomic E-state index is 3.58. The van der Waals surface area contributed by atoms with E-state index in [2.05, 4.69) is 40.1 Å². The second-order valence-electron chi connectivity index (χ2n) is 11.8. The van der Waals surface area contributed by atoms with Gasteiger partial charge in [0.15, 0.2) is 0 Å². The van der Waals surface area contributed by atoms with Crippen molar-refractivity contribution in [2.24, 2.45) is 40.9 Å².